The van der Waals surface area contributed by atoms with Crippen LogP contribution >= 0.6 is 8.53 Å². The van der Waals surface area contributed by atoms with E-state index in [2.05, 4.69) is 4.98 Å². The third kappa shape index (κ3) is 8.64. The number of nitrogens with one attached hydrogen (secondary N) is 1. The maximum Gasteiger partial charge on any atom is 0.330 e. The highest BCUT2D eigenvalue weighted by atomic mass is 31.2. The molecule has 0 saturated carbocycles. The number of rotatable bonds is 5. The molecule has 3 N–H and O–H groups in total. The molecule has 2 heterocycles. The number of ether oxygens (including phenoxy) is 1. The van der Waals surface area contributed by atoms with Gasteiger partial charge in [0.05, 0.1) is 6.10 Å². The summed E-state index contributed by atoms with van der Waals surface area (Å²) in [4.78, 5) is 33.8. The number of aliphatic hydroxyl groups is 1. The lowest BCUT2D eigenvalue weighted by atomic mass is 10.2. The van der Waals surface area contributed by atoms with E-state index in [1.165, 1.54) is 23.9 Å². The summed E-state index contributed by atoms with van der Waals surface area (Å²) in [6, 6.07) is 1.98. The summed E-state index contributed by atoms with van der Waals surface area (Å²) in [5, 5.41) is 7.00. The standard InChI is InChI=1S/C9H12N2O3.C7H18NO2P.CH4O/c1-6-2-3-8(14-6)11-5-4-7(12)10-9(11)13;1-6(2)8(7(3)4)11(9)10-5;1-2/h4-6,8H,2-3H2,1H3,(H,10,12,13);6-7,9H,1-5H3;2H,1H3. The van der Waals surface area contributed by atoms with Gasteiger partial charge in [-0.05, 0) is 47.5 Å². The normalized spacial score (nSPS) is 20.1. The molecule has 10 heteroatoms. The van der Waals surface area contributed by atoms with Gasteiger partial charge in [-0.25, -0.2) is 9.46 Å². The maximum absolute atomic E-state index is 11.4. The minimum atomic E-state index is -1.39. The summed E-state index contributed by atoms with van der Waals surface area (Å²) < 4.78 is 13.8. The molecule has 0 bridgehead atoms. The van der Waals surface area contributed by atoms with Crippen molar-refractivity contribution in [2.45, 2.75) is 71.9 Å². The molecule has 27 heavy (non-hydrogen) atoms. The lowest BCUT2D eigenvalue weighted by molar-refractivity contribution is 0.00792. The first-order valence-electron chi connectivity index (χ1n) is 8.90. The van der Waals surface area contributed by atoms with E-state index in [4.69, 9.17) is 14.4 Å². The van der Waals surface area contributed by atoms with Crippen molar-refractivity contribution >= 4 is 8.53 Å². The van der Waals surface area contributed by atoms with Gasteiger partial charge in [0.1, 0.15) is 6.23 Å². The Bertz CT molecular complexity index is 626. The Morgan fingerprint density at radius 2 is 1.81 bits per heavy atom. The maximum atomic E-state index is 11.4. The number of hydrogen-bond donors (Lipinski definition) is 3. The molecule has 2 rings (SSSR count). The number of aromatic nitrogens is 2. The summed E-state index contributed by atoms with van der Waals surface area (Å²) in [7, 11) is 1.14. The van der Waals surface area contributed by atoms with Gasteiger partial charge in [-0.2, -0.15) is 0 Å². The quantitative estimate of drug-likeness (QED) is 0.637. The largest absolute Gasteiger partial charge is 0.400 e. The summed E-state index contributed by atoms with van der Waals surface area (Å²) >= 11 is 0. The van der Waals surface area contributed by atoms with E-state index < -0.39 is 14.2 Å². The summed E-state index contributed by atoms with van der Waals surface area (Å²) in [5.74, 6) is 0. The Balaban J connectivity index is 0.000000473. The van der Waals surface area contributed by atoms with Crippen LogP contribution in [0.3, 0.4) is 0 Å². The van der Waals surface area contributed by atoms with Crippen molar-refractivity contribution in [1.29, 1.82) is 0 Å². The number of nitrogens with zero attached hydrogens (tertiary/aromatic N) is 2. The summed E-state index contributed by atoms with van der Waals surface area (Å²) in [6.45, 7) is 10.2. The van der Waals surface area contributed by atoms with Crippen LogP contribution in [0.5, 0.6) is 0 Å². The van der Waals surface area contributed by atoms with Crippen molar-refractivity contribution in [3.05, 3.63) is 33.1 Å². The lowest BCUT2D eigenvalue weighted by Gasteiger charge is -2.31. The van der Waals surface area contributed by atoms with Gasteiger partial charge in [0.15, 0.2) is 0 Å². The van der Waals surface area contributed by atoms with Gasteiger partial charge < -0.3 is 19.3 Å². The lowest BCUT2D eigenvalue weighted by Crippen LogP contribution is -2.32. The highest BCUT2D eigenvalue weighted by Gasteiger charge is 2.24. The first-order chi connectivity index (χ1) is 12.7. The Labute approximate surface area is 161 Å². The fourth-order valence-electron chi connectivity index (χ4n) is 2.73. The fraction of sp³-hybridized carbons (Fsp3) is 0.765. The smallest absolute Gasteiger partial charge is 0.330 e. The Kier molecular flexibility index (Phi) is 12.6. The molecule has 3 atom stereocenters. The van der Waals surface area contributed by atoms with Crippen LogP contribution in [-0.2, 0) is 9.26 Å². The second-order valence-electron chi connectivity index (χ2n) is 6.50. The molecule has 0 amide bonds. The molecule has 9 nitrogen and oxygen atoms in total. The fourth-order valence-corrected chi connectivity index (χ4v) is 3.70. The van der Waals surface area contributed by atoms with Gasteiger partial charge in [0.2, 0.25) is 0 Å². The zero-order valence-electron chi connectivity index (χ0n) is 17.2. The zero-order valence-corrected chi connectivity index (χ0v) is 18.1. The topological polar surface area (TPSA) is 117 Å². The molecular weight excluding hydrogens is 373 g/mol. The molecule has 1 aliphatic heterocycles. The average Bonchev–Trinajstić information content (AvgIpc) is 3.02. The number of aliphatic hydroxyl groups excluding tert-OH is 1. The van der Waals surface area contributed by atoms with Crippen LogP contribution in [-0.4, -0.2) is 56.6 Å². The number of H-pyrrole nitrogens is 1. The second-order valence-corrected chi connectivity index (χ2v) is 7.83. The van der Waals surface area contributed by atoms with E-state index >= 15 is 0 Å². The molecule has 1 aromatic heterocycles. The molecule has 1 aromatic rings. The van der Waals surface area contributed by atoms with Crippen LogP contribution in [0.2, 0.25) is 0 Å². The van der Waals surface area contributed by atoms with E-state index in [0.29, 0.717) is 12.1 Å². The van der Waals surface area contributed by atoms with Gasteiger partial charge in [-0.1, -0.05) is 0 Å². The Hall–Kier alpha value is -1.09. The van der Waals surface area contributed by atoms with Crippen molar-refractivity contribution in [2.24, 2.45) is 0 Å². The van der Waals surface area contributed by atoms with Gasteiger partial charge in [0, 0.05) is 38.6 Å². The highest BCUT2D eigenvalue weighted by Crippen LogP contribution is 2.39. The SMILES string of the molecule is CC1CCC(n2ccc(=O)[nH]c2=O)O1.CO.COP(O)N(C(C)C)C(C)C. The van der Waals surface area contributed by atoms with E-state index in [1.807, 2.05) is 39.3 Å². The predicted molar refractivity (Wildman–Crippen MR) is 107 cm³/mol. The first kappa shape index (κ1) is 25.9. The van der Waals surface area contributed by atoms with Crippen LogP contribution in [0.1, 0.15) is 53.7 Å². The summed E-state index contributed by atoms with van der Waals surface area (Å²) in [5.41, 5.74) is -0.783. The molecule has 158 valence electrons. The molecule has 0 aromatic carbocycles. The molecule has 3 unspecified atom stereocenters. The van der Waals surface area contributed by atoms with Gasteiger partial charge >= 0.3 is 5.69 Å². The molecule has 1 aliphatic rings. The van der Waals surface area contributed by atoms with E-state index in [0.717, 1.165) is 20.0 Å². The van der Waals surface area contributed by atoms with Crippen LogP contribution in [0.4, 0.5) is 0 Å². The molecule has 1 fully saturated rings. The van der Waals surface area contributed by atoms with Gasteiger partial charge in [-0.15, -0.1) is 0 Å². The van der Waals surface area contributed by atoms with Crippen LogP contribution in [0.25, 0.3) is 0 Å². The molecule has 1 saturated heterocycles. The number of hydrogen-bond acceptors (Lipinski definition) is 7. The van der Waals surface area contributed by atoms with Crippen molar-refractivity contribution in [3.8, 4) is 0 Å². The minimum absolute atomic E-state index is 0.179. The van der Waals surface area contributed by atoms with Gasteiger partial charge in [-0.3, -0.25) is 14.3 Å². The van der Waals surface area contributed by atoms with Crippen molar-refractivity contribution < 1.29 is 19.3 Å². The predicted octanol–water partition coefficient (Wildman–Crippen LogP) is 1.81. The molecule has 0 spiro atoms. The van der Waals surface area contributed by atoms with Crippen LogP contribution < -0.4 is 11.2 Å². The molecular formula is C17H34N3O6P. The Morgan fingerprint density at radius 1 is 1.26 bits per heavy atom. The van der Waals surface area contributed by atoms with Crippen molar-refractivity contribution in [2.75, 3.05) is 14.2 Å². The average molecular weight is 407 g/mol. The van der Waals surface area contributed by atoms with Crippen molar-refractivity contribution in [3.63, 3.8) is 0 Å². The zero-order chi connectivity index (χ0) is 21.1. The first-order valence-corrected chi connectivity index (χ1v) is 10.1. The second kappa shape index (κ2) is 13.1. The van der Waals surface area contributed by atoms with E-state index in [9.17, 15) is 14.5 Å². The Morgan fingerprint density at radius 3 is 2.15 bits per heavy atom. The summed E-state index contributed by atoms with van der Waals surface area (Å²) in [6.07, 6.45) is 3.18. The molecule has 0 radical (unpaired) electrons. The number of aromatic amines is 1. The minimum Gasteiger partial charge on any atom is -0.400 e. The van der Waals surface area contributed by atoms with Crippen LogP contribution in [0.15, 0.2) is 21.9 Å². The monoisotopic (exact) mass is 407 g/mol. The third-order valence-electron chi connectivity index (χ3n) is 3.79. The van der Waals surface area contributed by atoms with Crippen molar-refractivity contribution in [1.82, 2.24) is 14.2 Å². The third-order valence-corrected chi connectivity index (χ3v) is 5.44. The van der Waals surface area contributed by atoms with Gasteiger partial charge in [0.25, 0.3) is 14.1 Å². The van der Waals surface area contributed by atoms with Crippen LogP contribution in [0, 0.1) is 0 Å². The van der Waals surface area contributed by atoms with E-state index in [1.54, 1.807) is 0 Å². The van der Waals surface area contributed by atoms with E-state index in [-0.39, 0.29) is 17.9 Å². The molecule has 0 aliphatic carbocycles. The highest BCUT2D eigenvalue weighted by molar-refractivity contribution is 7.43.